The van der Waals surface area contributed by atoms with Crippen molar-refractivity contribution in [1.82, 2.24) is 5.32 Å². The molecule has 1 atom stereocenters. The second kappa shape index (κ2) is 6.84. The molecule has 0 unspecified atom stereocenters. The first-order chi connectivity index (χ1) is 10.9. The Morgan fingerprint density at radius 2 is 2.00 bits per heavy atom. The Morgan fingerprint density at radius 1 is 1.35 bits per heavy atom. The third-order valence-electron chi connectivity index (χ3n) is 3.25. The van der Waals surface area contributed by atoms with Crippen LogP contribution in [0.2, 0.25) is 0 Å². The summed E-state index contributed by atoms with van der Waals surface area (Å²) in [4.78, 5) is 22.2. The van der Waals surface area contributed by atoms with Crippen molar-refractivity contribution in [2.75, 3.05) is 12.3 Å². The molecule has 0 aliphatic carbocycles. The normalized spacial score (nSPS) is 11.7. The fraction of sp³-hybridized carbons (Fsp3) is 0.133. The number of amides is 1. The van der Waals surface area contributed by atoms with E-state index in [2.05, 4.69) is 5.32 Å². The zero-order valence-corrected chi connectivity index (χ0v) is 11.9. The summed E-state index contributed by atoms with van der Waals surface area (Å²) < 4.78 is 13.5. The first-order valence-corrected chi connectivity index (χ1v) is 6.64. The fourth-order valence-corrected chi connectivity index (χ4v) is 2.10. The summed E-state index contributed by atoms with van der Waals surface area (Å²) in [5, 5.41) is 22.7. The molecular formula is C15H14FN3O4. The fourth-order valence-electron chi connectivity index (χ4n) is 2.10. The van der Waals surface area contributed by atoms with Gasteiger partial charge in [0.2, 0.25) is 0 Å². The van der Waals surface area contributed by atoms with Gasteiger partial charge in [-0.05, 0) is 11.6 Å². The van der Waals surface area contributed by atoms with E-state index in [9.17, 15) is 24.4 Å². The van der Waals surface area contributed by atoms with Crippen molar-refractivity contribution in [3.63, 3.8) is 0 Å². The number of nitrogen functional groups attached to an aromatic ring is 1. The molecular weight excluding hydrogens is 305 g/mol. The lowest BCUT2D eigenvalue weighted by atomic mass is 10.1. The van der Waals surface area contributed by atoms with Crippen molar-refractivity contribution in [2.24, 2.45) is 0 Å². The average molecular weight is 319 g/mol. The van der Waals surface area contributed by atoms with E-state index in [1.165, 1.54) is 0 Å². The molecule has 2 aromatic carbocycles. The van der Waals surface area contributed by atoms with Crippen LogP contribution < -0.4 is 11.1 Å². The number of carbonyl (C=O) groups is 1. The van der Waals surface area contributed by atoms with E-state index >= 15 is 0 Å². The molecule has 0 radical (unpaired) electrons. The molecule has 1 amide bonds. The van der Waals surface area contributed by atoms with Crippen LogP contribution in [0.3, 0.4) is 0 Å². The van der Waals surface area contributed by atoms with Crippen LogP contribution in [0, 0.1) is 15.9 Å². The third kappa shape index (κ3) is 3.61. The molecule has 0 fully saturated rings. The summed E-state index contributed by atoms with van der Waals surface area (Å²) in [5.74, 6) is -1.76. The van der Waals surface area contributed by atoms with Gasteiger partial charge in [0.1, 0.15) is 11.5 Å². The first-order valence-electron chi connectivity index (χ1n) is 6.64. The molecule has 2 rings (SSSR count). The molecule has 8 heteroatoms. The smallest absolute Gasteiger partial charge is 0.295 e. The summed E-state index contributed by atoms with van der Waals surface area (Å²) >= 11 is 0. The maximum absolute atomic E-state index is 13.5. The average Bonchev–Trinajstić information content (AvgIpc) is 2.54. The number of aliphatic hydroxyl groups is 1. The number of benzene rings is 2. The van der Waals surface area contributed by atoms with Gasteiger partial charge < -0.3 is 16.2 Å². The number of nitro groups is 1. The lowest BCUT2D eigenvalue weighted by Crippen LogP contribution is -2.31. The lowest BCUT2D eigenvalue weighted by molar-refractivity contribution is -0.384. The van der Waals surface area contributed by atoms with Gasteiger partial charge in [-0.25, -0.2) is 4.39 Å². The summed E-state index contributed by atoms with van der Waals surface area (Å²) in [6.07, 6.45) is 0. The molecule has 0 saturated carbocycles. The van der Waals surface area contributed by atoms with Crippen LogP contribution in [-0.4, -0.2) is 22.5 Å². The SMILES string of the molecule is Nc1c(C(=O)N[C@H](CO)c2ccccc2)cc(F)cc1[N+](=O)[O-]. The van der Waals surface area contributed by atoms with Gasteiger partial charge in [-0.1, -0.05) is 30.3 Å². The highest BCUT2D eigenvalue weighted by molar-refractivity contribution is 6.01. The Balaban J connectivity index is 2.32. The minimum atomic E-state index is -0.948. The number of carbonyl (C=O) groups excluding carboxylic acids is 1. The van der Waals surface area contributed by atoms with Gasteiger partial charge in [0.15, 0.2) is 0 Å². The van der Waals surface area contributed by atoms with Crippen LogP contribution >= 0.6 is 0 Å². The highest BCUT2D eigenvalue weighted by atomic mass is 19.1. The van der Waals surface area contributed by atoms with Crippen molar-refractivity contribution in [3.8, 4) is 0 Å². The van der Waals surface area contributed by atoms with Gasteiger partial charge >= 0.3 is 0 Å². The Hall–Kier alpha value is -3.00. The lowest BCUT2D eigenvalue weighted by Gasteiger charge is -2.17. The Kier molecular flexibility index (Phi) is 4.87. The number of nitrogens with zero attached hydrogens (tertiary/aromatic N) is 1. The van der Waals surface area contributed by atoms with E-state index in [0.29, 0.717) is 11.6 Å². The number of rotatable bonds is 5. The number of nitrogens with one attached hydrogen (secondary N) is 1. The minimum absolute atomic E-state index is 0.355. The van der Waals surface area contributed by atoms with Gasteiger partial charge in [0.25, 0.3) is 11.6 Å². The maximum Gasteiger partial charge on any atom is 0.295 e. The predicted molar refractivity (Wildman–Crippen MR) is 81.2 cm³/mol. The van der Waals surface area contributed by atoms with Crippen molar-refractivity contribution >= 4 is 17.3 Å². The van der Waals surface area contributed by atoms with Crippen LogP contribution in [0.1, 0.15) is 22.0 Å². The van der Waals surface area contributed by atoms with Gasteiger partial charge in [-0.3, -0.25) is 14.9 Å². The topological polar surface area (TPSA) is 118 Å². The van der Waals surface area contributed by atoms with E-state index < -0.39 is 40.7 Å². The number of aliphatic hydroxyl groups excluding tert-OH is 1. The molecule has 0 aromatic heterocycles. The van der Waals surface area contributed by atoms with Crippen LogP contribution in [0.5, 0.6) is 0 Å². The molecule has 0 saturated heterocycles. The number of halogens is 1. The Bertz CT molecular complexity index is 737. The maximum atomic E-state index is 13.5. The number of hydrogen-bond acceptors (Lipinski definition) is 5. The van der Waals surface area contributed by atoms with Crippen LogP contribution in [0.15, 0.2) is 42.5 Å². The minimum Gasteiger partial charge on any atom is -0.394 e. The molecule has 0 spiro atoms. The Morgan fingerprint density at radius 3 is 2.57 bits per heavy atom. The molecule has 0 aliphatic heterocycles. The summed E-state index contributed by atoms with van der Waals surface area (Å²) in [6.45, 7) is -0.396. The van der Waals surface area contributed by atoms with Crippen LogP contribution in [0.25, 0.3) is 0 Å². The molecule has 2 aromatic rings. The predicted octanol–water partition coefficient (Wildman–Crippen LogP) is 1.78. The van der Waals surface area contributed by atoms with Crippen molar-refractivity contribution in [1.29, 1.82) is 0 Å². The van der Waals surface area contributed by atoms with Crippen LogP contribution in [0.4, 0.5) is 15.8 Å². The van der Waals surface area contributed by atoms with Crippen LogP contribution in [-0.2, 0) is 0 Å². The van der Waals surface area contributed by atoms with Gasteiger partial charge in [0.05, 0.1) is 29.2 Å². The van der Waals surface area contributed by atoms with Crippen molar-refractivity contribution in [2.45, 2.75) is 6.04 Å². The standard InChI is InChI=1S/C15H14FN3O4/c16-10-6-11(14(17)13(7-10)19(22)23)15(21)18-12(8-20)9-4-2-1-3-5-9/h1-7,12,20H,8,17H2,(H,18,21)/t12-/m1/s1. The number of anilines is 1. The molecule has 7 nitrogen and oxygen atoms in total. The van der Waals surface area contributed by atoms with E-state index in [4.69, 9.17) is 5.73 Å². The van der Waals surface area contributed by atoms with E-state index in [0.717, 1.165) is 6.07 Å². The summed E-state index contributed by atoms with van der Waals surface area (Å²) in [7, 11) is 0. The van der Waals surface area contributed by atoms with Gasteiger partial charge in [-0.2, -0.15) is 0 Å². The number of nitro benzene ring substituents is 1. The highest BCUT2D eigenvalue weighted by Crippen LogP contribution is 2.27. The molecule has 23 heavy (non-hydrogen) atoms. The summed E-state index contributed by atoms with van der Waals surface area (Å²) in [5.41, 5.74) is 4.74. The summed E-state index contributed by atoms with van der Waals surface area (Å²) in [6, 6.07) is 9.33. The van der Waals surface area contributed by atoms with Gasteiger partial charge in [0, 0.05) is 0 Å². The molecule has 0 heterocycles. The van der Waals surface area contributed by atoms with Gasteiger partial charge in [-0.15, -0.1) is 0 Å². The largest absolute Gasteiger partial charge is 0.394 e. The van der Waals surface area contributed by atoms with E-state index in [1.54, 1.807) is 30.3 Å². The zero-order valence-electron chi connectivity index (χ0n) is 11.9. The first kappa shape index (κ1) is 16.4. The molecule has 120 valence electrons. The molecule has 0 bridgehead atoms. The number of hydrogen-bond donors (Lipinski definition) is 3. The van der Waals surface area contributed by atoms with Crippen molar-refractivity contribution < 1.29 is 19.2 Å². The van der Waals surface area contributed by atoms with Crippen molar-refractivity contribution in [3.05, 3.63) is 69.5 Å². The monoisotopic (exact) mass is 319 g/mol. The highest BCUT2D eigenvalue weighted by Gasteiger charge is 2.23. The molecule has 0 aliphatic rings. The van der Waals surface area contributed by atoms with E-state index in [1.807, 2.05) is 0 Å². The Labute approximate surface area is 130 Å². The molecule has 4 N–H and O–H groups in total. The second-order valence-corrected chi connectivity index (χ2v) is 4.76. The zero-order chi connectivity index (χ0) is 17.0. The number of nitrogens with two attached hydrogens (primary N) is 1. The second-order valence-electron chi connectivity index (χ2n) is 4.76. The quantitative estimate of drug-likeness (QED) is 0.441. The third-order valence-corrected chi connectivity index (χ3v) is 3.25. The van der Waals surface area contributed by atoms with E-state index in [-0.39, 0.29) is 5.56 Å².